The normalized spacial score (nSPS) is 11.9. The Kier molecular flexibility index (Phi) is 5.74. The van der Waals surface area contributed by atoms with Crippen molar-refractivity contribution in [3.8, 4) is 0 Å². The summed E-state index contributed by atoms with van der Waals surface area (Å²) in [6, 6.07) is 17.8. The molecule has 4 nitrogen and oxygen atoms in total. The number of aliphatic carboxylic acids is 1. The molecule has 3 rings (SSSR count). The smallest absolute Gasteiger partial charge is 0.326 e. The number of benzene rings is 3. The average molecular weight is 477 g/mol. The molecule has 0 saturated carbocycles. The number of halogens is 2. The molecule has 26 heavy (non-hydrogen) atoms. The molecule has 0 bridgehead atoms. The number of fused-ring (bicyclic) bond motifs is 1. The molecule has 0 heterocycles. The van der Waals surface area contributed by atoms with Crippen molar-refractivity contribution in [2.24, 2.45) is 0 Å². The van der Waals surface area contributed by atoms with E-state index in [4.69, 9.17) is 0 Å². The minimum Gasteiger partial charge on any atom is -0.480 e. The zero-order chi connectivity index (χ0) is 18.7. The molecule has 0 aliphatic rings. The Morgan fingerprint density at radius 1 is 0.923 bits per heavy atom. The van der Waals surface area contributed by atoms with Crippen LogP contribution in [0.15, 0.2) is 69.6 Å². The van der Waals surface area contributed by atoms with E-state index < -0.39 is 17.9 Å². The largest absolute Gasteiger partial charge is 0.480 e. The van der Waals surface area contributed by atoms with Crippen molar-refractivity contribution in [3.05, 3.63) is 80.7 Å². The first kappa shape index (κ1) is 18.6. The Morgan fingerprint density at radius 2 is 1.58 bits per heavy atom. The molecule has 0 aromatic heterocycles. The summed E-state index contributed by atoms with van der Waals surface area (Å²) in [6.45, 7) is 0. The molecule has 3 aromatic rings. The topological polar surface area (TPSA) is 66.4 Å². The van der Waals surface area contributed by atoms with Gasteiger partial charge in [-0.1, -0.05) is 74.3 Å². The van der Waals surface area contributed by atoms with Crippen LogP contribution in [0.2, 0.25) is 0 Å². The Hall–Kier alpha value is -2.18. The van der Waals surface area contributed by atoms with Gasteiger partial charge in [0.2, 0.25) is 0 Å². The van der Waals surface area contributed by atoms with E-state index in [0.29, 0.717) is 5.56 Å². The number of hydrogen-bond acceptors (Lipinski definition) is 2. The lowest BCUT2D eigenvalue weighted by molar-refractivity contribution is -0.139. The van der Waals surface area contributed by atoms with Gasteiger partial charge >= 0.3 is 5.97 Å². The van der Waals surface area contributed by atoms with Crippen LogP contribution in [0.3, 0.4) is 0 Å². The second-order valence-electron chi connectivity index (χ2n) is 5.91. The number of nitrogens with one attached hydrogen (secondary N) is 1. The van der Waals surface area contributed by atoms with E-state index in [2.05, 4.69) is 37.2 Å². The van der Waals surface area contributed by atoms with E-state index in [9.17, 15) is 14.7 Å². The van der Waals surface area contributed by atoms with Crippen LogP contribution in [-0.2, 0) is 11.2 Å². The monoisotopic (exact) mass is 475 g/mol. The predicted octanol–water partition coefficient (Wildman–Crippen LogP) is 4.79. The third-order valence-electron chi connectivity index (χ3n) is 3.98. The van der Waals surface area contributed by atoms with Crippen molar-refractivity contribution < 1.29 is 14.7 Å². The summed E-state index contributed by atoms with van der Waals surface area (Å²) in [7, 11) is 0. The average Bonchev–Trinajstić information content (AvgIpc) is 2.60. The molecule has 132 valence electrons. The van der Waals surface area contributed by atoms with Gasteiger partial charge in [0.05, 0.1) is 0 Å². The van der Waals surface area contributed by atoms with Gasteiger partial charge in [0, 0.05) is 20.9 Å². The van der Waals surface area contributed by atoms with Gasteiger partial charge in [-0.15, -0.1) is 0 Å². The van der Waals surface area contributed by atoms with Crippen molar-refractivity contribution in [1.82, 2.24) is 5.32 Å². The highest BCUT2D eigenvalue weighted by Crippen LogP contribution is 2.21. The number of carbonyl (C=O) groups is 2. The summed E-state index contributed by atoms with van der Waals surface area (Å²) < 4.78 is 1.47. The second kappa shape index (κ2) is 8.01. The van der Waals surface area contributed by atoms with Crippen LogP contribution in [0.1, 0.15) is 15.9 Å². The summed E-state index contributed by atoms with van der Waals surface area (Å²) in [5, 5.41) is 14.3. The number of rotatable bonds is 5. The van der Waals surface area contributed by atoms with Crippen LogP contribution < -0.4 is 5.32 Å². The van der Waals surface area contributed by atoms with E-state index in [1.54, 1.807) is 18.2 Å². The maximum atomic E-state index is 12.5. The first-order chi connectivity index (χ1) is 12.4. The van der Waals surface area contributed by atoms with E-state index in [1.165, 1.54) is 0 Å². The molecule has 1 amide bonds. The fraction of sp³-hybridized carbons (Fsp3) is 0.100. The summed E-state index contributed by atoms with van der Waals surface area (Å²) in [5.74, 6) is -1.50. The number of carboxylic acid groups (broad SMARTS) is 1. The quantitative estimate of drug-likeness (QED) is 0.556. The number of hydrogen-bond donors (Lipinski definition) is 2. The third kappa shape index (κ3) is 4.51. The van der Waals surface area contributed by atoms with Crippen molar-refractivity contribution in [2.45, 2.75) is 12.5 Å². The number of carboxylic acids is 1. The molecular formula is C20H15Br2NO3. The Bertz CT molecular complexity index is 967. The van der Waals surface area contributed by atoms with Crippen molar-refractivity contribution in [2.75, 3.05) is 0 Å². The molecular weight excluding hydrogens is 462 g/mol. The fourth-order valence-electron chi connectivity index (χ4n) is 2.73. The van der Waals surface area contributed by atoms with Gasteiger partial charge in [-0.3, -0.25) is 4.79 Å². The molecule has 0 aliphatic heterocycles. The molecule has 0 saturated heterocycles. The Morgan fingerprint density at radius 3 is 2.23 bits per heavy atom. The van der Waals surface area contributed by atoms with E-state index >= 15 is 0 Å². The maximum Gasteiger partial charge on any atom is 0.326 e. The molecule has 2 N–H and O–H groups in total. The highest BCUT2D eigenvalue weighted by molar-refractivity contribution is 9.11. The maximum absolute atomic E-state index is 12.5. The molecule has 0 aliphatic carbocycles. The lowest BCUT2D eigenvalue weighted by Gasteiger charge is -2.15. The molecule has 0 fully saturated rings. The number of carbonyl (C=O) groups excluding carboxylic acids is 1. The van der Waals surface area contributed by atoms with E-state index in [1.807, 2.05) is 42.5 Å². The standard InChI is InChI=1S/C20H15Br2NO3/c21-16-9-15(10-17(22)11-16)19(24)23-18(20(25)26)8-12-5-6-13-3-1-2-4-14(13)7-12/h1-7,9-11,18H,8H2,(H,23,24)(H,25,26)/t18-/m0/s1. The van der Waals surface area contributed by atoms with Gasteiger partial charge in [0.1, 0.15) is 6.04 Å². The predicted molar refractivity (Wildman–Crippen MR) is 108 cm³/mol. The van der Waals surface area contributed by atoms with Crippen molar-refractivity contribution in [1.29, 1.82) is 0 Å². The molecule has 1 atom stereocenters. The van der Waals surface area contributed by atoms with E-state index in [0.717, 1.165) is 25.3 Å². The van der Waals surface area contributed by atoms with Gasteiger partial charge in [0.25, 0.3) is 5.91 Å². The van der Waals surface area contributed by atoms with Crippen LogP contribution >= 0.6 is 31.9 Å². The minimum absolute atomic E-state index is 0.209. The van der Waals surface area contributed by atoms with Crippen molar-refractivity contribution >= 4 is 54.5 Å². The number of amides is 1. The Balaban J connectivity index is 1.80. The highest BCUT2D eigenvalue weighted by Gasteiger charge is 2.21. The van der Waals surface area contributed by atoms with Gasteiger partial charge in [0.15, 0.2) is 0 Å². The lowest BCUT2D eigenvalue weighted by Crippen LogP contribution is -2.42. The van der Waals surface area contributed by atoms with Crippen LogP contribution in [0.25, 0.3) is 10.8 Å². The fourth-order valence-corrected chi connectivity index (χ4v) is 4.02. The summed E-state index contributed by atoms with van der Waals surface area (Å²) in [4.78, 5) is 24.1. The van der Waals surface area contributed by atoms with Crippen LogP contribution in [-0.4, -0.2) is 23.0 Å². The van der Waals surface area contributed by atoms with Gasteiger partial charge in [-0.2, -0.15) is 0 Å². The van der Waals surface area contributed by atoms with Crippen LogP contribution in [0.4, 0.5) is 0 Å². The van der Waals surface area contributed by atoms with Gasteiger partial charge in [-0.25, -0.2) is 4.79 Å². The van der Waals surface area contributed by atoms with E-state index in [-0.39, 0.29) is 6.42 Å². The second-order valence-corrected chi connectivity index (χ2v) is 7.74. The molecule has 3 aromatic carbocycles. The van der Waals surface area contributed by atoms with Gasteiger partial charge in [-0.05, 0) is 34.5 Å². The van der Waals surface area contributed by atoms with Crippen molar-refractivity contribution in [3.63, 3.8) is 0 Å². The molecule has 0 spiro atoms. The highest BCUT2D eigenvalue weighted by atomic mass is 79.9. The summed E-state index contributed by atoms with van der Waals surface area (Å²) in [6.07, 6.45) is 0.209. The van der Waals surface area contributed by atoms with Crippen LogP contribution in [0.5, 0.6) is 0 Å². The zero-order valence-electron chi connectivity index (χ0n) is 13.6. The van der Waals surface area contributed by atoms with Crippen LogP contribution in [0, 0.1) is 0 Å². The SMILES string of the molecule is O=C(N[C@@H](Cc1ccc2ccccc2c1)C(=O)O)c1cc(Br)cc(Br)c1. The Labute approximate surface area is 167 Å². The first-order valence-corrected chi connectivity index (χ1v) is 9.48. The molecule has 0 radical (unpaired) electrons. The third-order valence-corrected chi connectivity index (χ3v) is 4.90. The van der Waals surface area contributed by atoms with Gasteiger partial charge < -0.3 is 10.4 Å². The first-order valence-electron chi connectivity index (χ1n) is 7.90. The molecule has 6 heteroatoms. The lowest BCUT2D eigenvalue weighted by atomic mass is 10.0. The molecule has 0 unspecified atom stereocenters. The minimum atomic E-state index is -1.07. The summed E-state index contributed by atoms with van der Waals surface area (Å²) in [5.41, 5.74) is 1.24. The summed E-state index contributed by atoms with van der Waals surface area (Å²) >= 11 is 6.65. The zero-order valence-corrected chi connectivity index (χ0v) is 16.7.